The third-order valence-electron chi connectivity index (χ3n) is 2.84. The molecule has 5 nitrogen and oxygen atoms in total. The number of amides is 1. The lowest BCUT2D eigenvalue weighted by Crippen LogP contribution is -2.51. The second-order valence-electron chi connectivity index (χ2n) is 4.53. The van der Waals surface area contributed by atoms with Crippen LogP contribution in [0.4, 0.5) is 0 Å². The standard InChI is InChI=1S/C11H16N2O3S2.ClH/c1-8-6-13(4-3-12-8)11(14)9-5-10(17-7-9)18(2,15)16;/h5,7-8,12H,3-4,6H2,1-2H3;1H/t8-;/m1./s1. The second kappa shape index (κ2) is 6.21. The first-order valence-corrected chi connectivity index (χ1v) is 8.46. The van der Waals surface area contributed by atoms with Crippen molar-refractivity contribution in [3.8, 4) is 0 Å². The van der Waals surface area contributed by atoms with Gasteiger partial charge >= 0.3 is 0 Å². The van der Waals surface area contributed by atoms with Crippen LogP contribution in [-0.4, -0.2) is 51.2 Å². The Balaban J connectivity index is 0.00000180. The minimum atomic E-state index is -3.22. The number of carbonyl (C=O) groups excluding carboxylic acids is 1. The summed E-state index contributed by atoms with van der Waals surface area (Å²) in [4.78, 5) is 14.0. The van der Waals surface area contributed by atoms with Crippen LogP contribution < -0.4 is 5.32 Å². The summed E-state index contributed by atoms with van der Waals surface area (Å²) in [5.41, 5.74) is 0.467. The van der Waals surface area contributed by atoms with Crippen LogP contribution in [-0.2, 0) is 9.84 Å². The van der Waals surface area contributed by atoms with Crippen molar-refractivity contribution >= 4 is 39.5 Å². The average Bonchev–Trinajstić information content (AvgIpc) is 2.77. The van der Waals surface area contributed by atoms with Crippen LogP contribution in [0.1, 0.15) is 17.3 Å². The van der Waals surface area contributed by atoms with E-state index >= 15 is 0 Å². The Morgan fingerprint density at radius 3 is 2.74 bits per heavy atom. The van der Waals surface area contributed by atoms with E-state index in [1.807, 2.05) is 6.92 Å². The monoisotopic (exact) mass is 324 g/mol. The van der Waals surface area contributed by atoms with Crippen molar-refractivity contribution in [3.05, 3.63) is 17.0 Å². The summed E-state index contributed by atoms with van der Waals surface area (Å²) in [6.45, 7) is 4.11. The van der Waals surface area contributed by atoms with E-state index in [2.05, 4.69) is 5.32 Å². The van der Waals surface area contributed by atoms with Crippen molar-refractivity contribution in [2.45, 2.75) is 17.2 Å². The van der Waals surface area contributed by atoms with Crippen molar-refractivity contribution < 1.29 is 13.2 Å². The Labute approximate surface area is 123 Å². The summed E-state index contributed by atoms with van der Waals surface area (Å²) in [5, 5.41) is 4.88. The number of thiophene rings is 1. The average molecular weight is 325 g/mol. The summed E-state index contributed by atoms with van der Waals surface area (Å²) in [7, 11) is -3.22. The topological polar surface area (TPSA) is 66.5 Å². The highest BCUT2D eigenvalue weighted by Gasteiger charge is 2.23. The van der Waals surface area contributed by atoms with Gasteiger partial charge in [0, 0.05) is 37.3 Å². The highest BCUT2D eigenvalue weighted by Crippen LogP contribution is 2.21. The van der Waals surface area contributed by atoms with E-state index in [-0.39, 0.29) is 28.6 Å². The molecule has 8 heteroatoms. The molecule has 2 rings (SSSR count). The molecule has 1 aliphatic heterocycles. The smallest absolute Gasteiger partial charge is 0.254 e. The molecule has 0 aromatic carbocycles. The molecule has 2 heterocycles. The van der Waals surface area contributed by atoms with Crippen LogP contribution in [0.5, 0.6) is 0 Å². The minimum Gasteiger partial charge on any atom is -0.336 e. The Kier molecular flexibility index (Phi) is 5.37. The fourth-order valence-corrected chi connectivity index (χ4v) is 3.71. The summed E-state index contributed by atoms with van der Waals surface area (Å²) >= 11 is 1.10. The zero-order valence-electron chi connectivity index (χ0n) is 10.8. The molecule has 0 spiro atoms. The lowest BCUT2D eigenvalue weighted by Gasteiger charge is -2.31. The molecule has 1 aromatic heterocycles. The number of nitrogens with one attached hydrogen (secondary N) is 1. The lowest BCUT2D eigenvalue weighted by atomic mass is 10.2. The van der Waals surface area contributed by atoms with E-state index < -0.39 is 9.84 Å². The van der Waals surface area contributed by atoms with Crippen LogP contribution in [0.15, 0.2) is 15.7 Å². The van der Waals surface area contributed by atoms with Crippen LogP contribution in [0.2, 0.25) is 0 Å². The first-order chi connectivity index (χ1) is 8.38. The fourth-order valence-electron chi connectivity index (χ4n) is 1.92. The van der Waals surface area contributed by atoms with Crippen molar-refractivity contribution in [1.82, 2.24) is 10.2 Å². The first-order valence-electron chi connectivity index (χ1n) is 5.69. The van der Waals surface area contributed by atoms with Crippen LogP contribution in [0.25, 0.3) is 0 Å². The molecular formula is C11H17ClN2O3S2. The summed E-state index contributed by atoms with van der Waals surface area (Å²) in [6, 6.07) is 1.74. The van der Waals surface area contributed by atoms with Crippen LogP contribution in [0, 0.1) is 0 Å². The molecule has 0 aliphatic carbocycles. The zero-order valence-corrected chi connectivity index (χ0v) is 13.2. The van der Waals surface area contributed by atoms with Gasteiger partial charge in [-0.15, -0.1) is 23.7 Å². The van der Waals surface area contributed by atoms with Gasteiger partial charge in [-0.3, -0.25) is 4.79 Å². The molecule has 1 amide bonds. The van der Waals surface area contributed by atoms with Gasteiger partial charge in [0.15, 0.2) is 9.84 Å². The molecule has 1 atom stereocenters. The largest absolute Gasteiger partial charge is 0.336 e. The summed E-state index contributed by atoms with van der Waals surface area (Å²) in [5.74, 6) is -0.0884. The minimum absolute atomic E-state index is 0. The molecule has 1 fully saturated rings. The molecule has 1 N–H and O–H groups in total. The first kappa shape index (κ1) is 16.4. The highest BCUT2D eigenvalue weighted by molar-refractivity contribution is 7.92. The predicted octanol–water partition coefficient (Wildman–Crippen LogP) is 1.01. The maximum Gasteiger partial charge on any atom is 0.254 e. The fraction of sp³-hybridized carbons (Fsp3) is 0.545. The van der Waals surface area contributed by atoms with Crippen molar-refractivity contribution in [2.24, 2.45) is 0 Å². The highest BCUT2D eigenvalue weighted by atomic mass is 35.5. The zero-order chi connectivity index (χ0) is 13.3. The number of halogens is 1. The van der Waals surface area contributed by atoms with Gasteiger partial charge in [-0.25, -0.2) is 8.42 Å². The number of hydrogen-bond donors (Lipinski definition) is 1. The molecule has 1 saturated heterocycles. The van der Waals surface area contributed by atoms with Gasteiger partial charge in [0.25, 0.3) is 5.91 Å². The molecule has 1 aromatic rings. The van der Waals surface area contributed by atoms with Gasteiger partial charge in [0.2, 0.25) is 0 Å². The Hall–Kier alpha value is -0.630. The number of sulfone groups is 1. The Morgan fingerprint density at radius 2 is 2.21 bits per heavy atom. The Morgan fingerprint density at radius 1 is 1.53 bits per heavy atom. The normalized spacial score (nSPS) is 19.9. The van der Waals surface area contributed by atoms with Crippen LogP contribution in [0.3, 0.4) is 0 Å². The van der Waals surface area contributed by atoms with Crippen molar-refractivity contribution in [1.29, 1.82) is 0 Å². The van der Waals surface area contributed by atoms with Gasteiger partial charge in [0.1, 0.15) is 4.21 Å². The molecule has 1 aliphatic rings. The van der Waals surface area contributed by atoms with E-state index in [9.17, 15) is 13.2 Å². The van der Waals surface area contributed by atoms with E-state index in [1.54, 1.807) is 10.3 Å². The van der Waals surface area contributed by atoms with E-state index in [4.69, 9.17) is 0 Å². The molecule has 108 valence electrons. The summed E-state index contributed by atoms with van der Waals surface area (Å²) in [6.07, 6.45) is 1.15. The number of rotatable bonds is 2. The molecular weight excluding hydrogens is 308 g/mol. The van der Waals surface area contributed by atoms with Crippen molar-refractivity contribution in [3.63, 3.8) is 0 Å². The maximum absolute atomic E-state index is 12.2. The van der Waals surface area contributed by atoms with Gasteiger partial charge < -0.3 is 10.2 Å². The molecule has 0 saturated carbocycles. The number of hydrogen-bond acceptors (Lipinski definition) is 5. The molecule has 0 bridgehead atoms. The number of nitrogens with zero attached hydrogens (tertiary/aromatic N) is 1. The van der Waals surface area contributed by atoms with Gasteiger partial charge in [-0.05, 0) is 13.0 Å². The third kappa shape index (κ3) is 3.92. The van der Waals surface area contributed by atoms with Gasteiger partial charge in [0.05, 0.1) is 5.56 Å². The SMILES string of the molecule is C[C@@H]1CN(C(=O)c2csc(S(C)(=O)=O)c2)CCN1.Cl. The predicted molar refractivity (Wildman–Crippen MR) is 78.0 cm³/mol. The second-order valence-corrected chi connectivity index (χ2v) is 7.69. The van der Waals surface area contributed by atoms with E-state index in [1.165, 1.54) is 6.07 Å². The van der Waals surface area contributed by atoms with Crippen LogP contribution >= 0.6 is 23.7 Å². The third-order valence-corrected chi connectivity index (χ3v) is 5.61. The molecule has 19 heavy (non-hydrogen) atoms. The quantitative estimate of drug-likeness (QED) is 0.881. The van der Waals surface area contributed by atoms with E-state index in [0.29, 0.717) is 18.7 Å². The lowest BCUT2D eigenvalue weighted by molar-refractivity contribution is 0.0709. The van der Waals surface area contributed by atoms with Gasteiger partial charge in [-0.2, -0.15) is 0 Å². The number of carbonyl (C=O) groups is 1. The summed E-state index contributed by atoms with van der Waals surface area (Å²) < 4.78 is 23.0. The van der Waals surface area contributed by atoms with Gasteiger partial charge in [-0.1, -0.05) is 0 Å². The molecule has 0 radical (unpaired) electrons. The number of piperazine rings is 1. The van der Waals surface area contributed by atoms with Crippen molar-refractivity contribution in [2.75, 3.05) is 25.9 Å². The maximum atomic E-state index is 12.2. The van der Waals surface area contributed by atoms with E-state index in [0.717, 1.165) is 24.1 Å². The molecule has 0 unspecified atom stereocenters. The Bertz CT molecular complexity index is 556.